The average molecular weight is 284 g/mol. The number of anilines is 1. The van der Waals surface area contributed by atoms with Crippen molar-refractivity contribution >= 4 is 5.69 Å². The van der Waals surface area contributed by atoms with Gasteiger partial charge in [0.2, 0.25) is 0 Å². The summed E-state index contributed by atoms with van der Waals surface area (Å²) in [6.07, 6.45) is 10.1. The Kier molecular flexibility index (Phi) is 3.89. The second-order valence-electron chi connectivity index (χ2n) is 7.36. The van der Waals surface area contributed by atoms with Crippen LogP contribution in [0.4, 0.5) is 5.69 Å². The Hall–Kier alpha value is -1.02. The van der Waals surface area contributed by atoms with E-state index in [0.717, 1.165) is 24.4 Å². The van der Waals surface area contributed by atoms with Crippen LogP contribution in [0.25, 0.3) is 0 Å². The van der Waals surface area contributed by atoms with Crippen LogP contribution in [-0.2, 0) is 6.42 Å². The van der Waals surface area contributed by atoms with Gasteiger partial charge in [-0.25, -0.2) is 0 Å². The van der Waals surface area contributed by atoms with E-state index in [4.69, 9.17) is 0 Å². The Bertz CT molecular complexity index is 478. The molecular weight excluding hydrogens is 256 g/mol. The molecule has 0 bridgehead atoms. The molecule has 2 heterocycles. The van der Waals surface area contributed by atoms with E-state index >= 15 is 0 Å². The molecule has 1 aromatic carbocycles. The smallest absolute Gasteiger partial charge is 0.0372 e. The third-order valence-electron chi connectivity index (χ3n) is 5.96. The maximum atomic E-state index is 3.64. The van der Waals surface area contributed by atoms with E-state index in [9.17, 15) is 0 Å². The molecule has 2 nitrogen and oxygen atoms in total. The summed E-state index contributed by atoms with van der Waals surface area (Å²) < 4.78 is 0. The van der Waals surface area contributed by atoms with Crippen LogP contribution in [0.2, 0.25) is 0 Å². The minimum atomic E-state index is 0.793. The summed E-state index contributed by atoms with van der Waals surface area (Å²) in [4.78, 5) is 2.84. The zero-order chi connectivity index (χ0) is 14.1. The molecule has 2 atom stereocenters. The molecule has 2 unspecified atom stereocenters. The number of nitrogens with zero attached hydrogens (tertiary/aromatic N) is 1. The molecule has 2 aliphatic heterocycles. The molecule has 114 valence electrons. The second kappa shape index (κ2) is 6.00. The number of para-hydroxylation sites is 1. The number of fused-ring (bicyclic) bond motifs is 1. The van der Waals surface area contributed by atoms with Gasteiger partial charge in [0.25, 0.3) is 0 Å². The SMILES string of the molecule is c1ccc2c(c1)CC(CN1CCCC1C1CCCC1)CN2. The van der Waals surface area contributed by atoms with Gasteiger partial charge < -0.3 is 5.32 Å². The lowest BCUT2D eigenvalue weighted by Crippen LogP contribution is -2.41. The molecule has 21 heavy (non-hydrogen) atoms. The summed E-state index contributed by atoms with van der Waals surface area (Å²) in [7, 11) is 0. The average Bonchev–Trinajstić information content (AvgIpc) is 3.18. The van der Waals surface area contributed by atoms with E-state index in [2.05, 4.69) is 34.5 Å². The zero-order valence-electron chi connectivity index (χ0n) is 13.1. The summed E-state index contributed by atoms with van der Waals surface area (Å²) in [5, 5.41) is 3.64. The van der Waals surface area contributed by atoms with Crippen LogP contribution >= 0.6 is 0 Å². The van der Waals surface area contributed by atoms with E-state index in [0.29, 0.717) is 0 Å². The van der Waals surface area contributed by atoms with Crippen LogP contribution < -0.4 is 5.32 Å². The van der Waals surface area contributed by atoms with Crippen molar-refractivity contribution < 1.29 is 0 Å². The normalized spacial score (nSPS) is 30.3. The summed E-state index contributed by atoms with van der Waals surface area (Å²) in [5.41, 5.74) is 2.88. The Morgan fingerprint density at radius 1 is 1.05 bits per heavy atom. The molecule has 4 rings (SSSR count). The first-order valence-corrected chi connectivity index (χ1v) is 8.96. The quantitative estimate of drug-likeness (QED) is 0.905. The number of benzene rings is 1. The first-order chi connectivity index (χ1) is 10.4. The van der Waals surface area contributed by atoms with Gasteiger partial charge in [0, 0.05) is 24.8 Å². The molecule has 0 spiro atoms. The number of rotatable bonds is 3. The fourth-order valence-corrected chi connectivity index (χ4v) is 4.92. The summed E-state index contributed by atoms with van der Waals surface area (Å²) >= 11 is 0. The second-order valence-corrected chi connectivity index (χ2v) is 7.36. The van der Waals surface area contributed by atoms with Crippen LogP contribution in [0.5, 0.6) is 0 Å². The van der Waals surface area contributed by atoms with Crippen molar-refractivity contribution in [1.29, 1.82) is 0 Å². The number of hydrogen-bond donors (Lipinski definition) is 1. The first-order valence-electron chi connectivity index (χ1n) is 8.96. The monoisotopic (exact) mass is 284 g/mol. The predicted molar refractivity (Wildman–Crippen MR) is 88.7 cm³/mol. The van der Waals surface area contributed by atoms with E-state index in [1.165, 1.54) is 69.3 Å². The maximum Gasteiger partial charge on any atom is 0.0372 e. The summed E-state index contributed by atoms with van der Waals surface area (Å²) in [5.74, 6) is 1.80. The van der Waals surface area contributed by atoms with Gasteiger partial charge in [-0.05, 0) is 62.1 Å². The van der Waals surface area contributed by atoms with Crippen LogP contribution in [0.1, 0.15) is 44.1 Å². The van der Waals surface area contributed by atoms with Gasteiger partial charge in [-0.15, -0.1) is 0 Å². The highest BCUT2D eigenvalue weighted by Gasteiger charge is 2.34. The lowest BCUT2D eigenvalue weighted by molar-refractivity contribution is 0.166. The molecule has 1 N–H and O–H groups in total. The van der Waals surface area contributed by atoms with Gasteiger partial charge in [0.1, 0.15) is 0 Å². The maximum absolute atomic E-state index is 3.64. The van der Waals surface area contributed by atoms with Crippen LogP contribution in [0.15, 0.2) is 24.3 Å². The summed E-state index contributed by atoms with van der Waals surface area (Å²) in [6, 6.07) is 9.75. The standard InChI is InChI=1S/C19H28N2/c1-2-7-16(6-1)19-10-5-11-21(19)14-15-12-17-8-3-4-9-18(17)20-13-15/h3-4,8-9,15-16,19-20H,1-2,5-7,10-14H2. The molecule has 2 fully saturated rings. The number of nitrogens with one attached hydrogen (secondary N) is 1. The van der Waals surface area contributed by atoms with Crippen molar-refractivity contribution in [2.24, 2.45) is 11.8 Å². The van der Waals surface area contributed by atoms with Gasteiger partial charge in [-0.3, -0.25) is 4.90 Å². The van der Waals surface area contributed by atoms with E-state index in [1.54, 1.807) is 0 Å². The molecule has 2 heteroatoms. The minimum Gasteiger partial charge on any atom is -0.384 e. The Morgan fingerprint density at radius 2 is 1.90 bits per heavy atom. The van der Waals surface area contributed by atoms with Gasteiger partial charge in [-0.2, -0.15) is 0 Å². The fourth-order valence-electron chi connectivity index (χ4n) is 4.92. The number of likely N-dealkylation sites (tertiary alicyclic amines) is 1. The van der Waals surface area contributed by atoms with E-state index in [-0.39, 0.29) is 0 Å². The van der Waals surface area contributed by atoms with Crippen molar-refractivity contribution in [2.45, 2.75) is 51.0 Å². The van der Waals surface area contributed by atoms with Gasteiger partial charge in [-0.1, -0.05) is 31.0 Å². The van der Waals surface area contributed by atoms with Crippen molar-refractivity contribution in [3.8, 4) is 0 Å². The fraction of sp³-hybridized carbons (Fsp3) is 0.684. The highest BCUT2D eigenvalue weighted by molar-refractivity contribution is 5.53. The predicted octanol–water partition coefficient (Wildman–Crippen LogP) is 3.93. The molecule has 0 aromatic heterocycles. The topological polar surface area (TPSA) is 15.3 Å². The molecule has 3 aliphatic rings. The Morgan fingerprint density at radius 3 is 2.81 bits per heavy atom. The van der Waals surface area contributed by atoms with Crippen LogP contribution in [0.3, 0.4) is 0 Å². The van der Waals surface area contributed by atoms with Crippen molar-refractivity contribution in [3.63, 3.8) is 0 Å². The molecular formula is C19H28N2. The summed E-state index contributed by atoms with van der Waals surface area (Å²) in [6.45, 7) is 3.81. The highest BCUT2D eigenvalue weighted by atomic mass is 15.2. The highest BCUT2D eigenvalue weighted by Crippen LogP contribution is 2.36. The molecule has 0 amide bonds. The molecule has 1 aliphatic carbocycles. The van der Waals surface area contributed by atoms with Crippen LogP contribution in [-0.4, -0.2) is 30.6 Å². The minimum absolute atomic E-state index is 0.793. The molecule has 0 radical (unpaired) electrons. The lowest BCUT2D eigenvalue weighted by atomic mass is 9.91. The van der Waals surface area contributed by atoms with Crippen molar-refractivity contribution in [2.75, 3.05) is 25.0 Å². The third kappa shape index (κ3) is 2.83. The zero-order valence-corrected chi connectivity index (χ0v) is 13.1. The third-order valence-corrected chi connectivity index (χ3v) is 5.96. The van der Waals surface area contributed by atoms with Crippen LogP contribution in [0, 0.1) is 11.8 Å². The van der Waals surface area contributed by atoms with Gasteiger partial charge in [0.05, 0.1) is 0 Å². The van der Waals surface area contributed by atoms with Crippen molar-refractivity contribution in [1.82, 2.24) is 4.90 Å². The van der Waals surface area contributed by atoms with Gasteiger partial charge in [0.15, 0.2) is 0 Å². The molecule has 1 saturated heterocycles. The Balaban J connectivity index is 1.39. The van der Waals surface area contributed by atoms with Gasteiger partial charge >= 0.3 is 0 Å². The van der Waals surface area contributed by atoms with E-state index < -0.39 is 0 Å². The van der Waals surface area contributed by atoms with Crippen molar-refractivity contribution in [3.05, 3.63) is 29.8 Å². The molecule has 1 aromatic rings. The van der Waals surface area contributed by atoms with E-state index in [1.807, 2.05) is 0 Å². The Labute approximate surface area is 128 Å². The molecule has 1 saturated carbocycles. The number of hydrogen-bond acceptors (Lipinski definition) is 2. The lowest BCUT2D eigenvalue weighted by Gasteiger charge is -2.34. The first kappa shape index (κ1) is 13.6. The largest absolute Gasteiger partial charge is 0.384 e.